The molecule has 1 atom stereocenters. The molecule has 130 valence electrons. The number of rotatable bonds is 4. The molecule has 1 unspecified atom stereocenters. The number of fused-ring (bicyclic) bond motifs is 1. The molecule has 0 amide bonds. The van der Waals surface area contributed by atoms with E-state index >= 15 is 0 Å². The zero-order valence-electron chi connectivity index (χ0n) is 14.4. The minimum atomic E-state index is -1.39. The van der Waals surface area contributed by atoms with Crippen LogP contribution in [-0.4, -0.2) is 14.5 Å². The Hall–Kier alpha value is -2.83. The second-order valence-electron chi connectivity index (χ2n) is 6.08. The van der Waals surface area contributed by atoms with E-state index in [4.69, 9.17) is 4.42 Å². The average molecular weight is 363 g/mol. The van der Waals surface area contributed by atoms with Gasteiger partial charge in [0.05, 0.1) is 11.3 Å². The third-order valence-corrected chi connectivity index (χ3v) is 5.00. The Morgan fingerprint density at radius 1 is 1.00 bits per heavy atom. The first-order valence-electron chi connectivity index (χ1n) is 8.18. The summed E-state index contributed by atoms with van der Waals surface area (Å²) in [5.74, 6) is 0.444. The van der Waals surface area contributed by atoms with Gasteiger partial charge in [0.2, 0.25) is 5.89 Å². The number of anilines is 1. The van der Waals surface area contributed by atoms with Crippen molar-refractivity contribution in [2.24, 2.45) is 0 Å². The standard InChI is InChI=1S/C20H17N3O2S/c1-13-10-14(2)12-15(11-13)26(24)23-17-7-4-3-6-16(17)20-22-19-18(25-20)8-5-9-21-19/h3-12,23H,1-2H3. The van der Waals surface area contributed by atoms with E-state index in [9.17, 15) is 4.55 Å². The van der Waals surface area contributed by atoms with Gasteiger partial charge in [-0.3, -0.25) is 0 Å². The summed E-state index contributed by atoms with van der Waals surface area (Å²) in [6, 6.07) is 17.0. The van der Waals surface area contributed by atoms with Gasteiger partial charge < -0.3 is 8.97 Å². The van der Waals surface area contributed by atoms with Crippen LogP contribution in [0.25, 0.3) is 22.7 Å². The molecule has 0 aliphatic heterocycles. The Kier molecular flexibility index (Phi) is 4.36. The average Bonchev–Trinajstić information content (AvgIpc) is 3.05. The smallest absolute Gasteiger partial charge is 0.231 e. The van der Waals surface area contributed by atoms with E-state index in [-0.39, 0.29) is 0 Å². The molecule has 2 aromatic carbocycles. The molecule has 2 aromatic heterocycles. The van der Waals surface area contributed by atoms with Gasteiger partial charge in [-0.25, -0.2) is 9.71 Å². The number of benzene rings is 2. The number of para-hydroxylation sites is 1. The van der Waals surface area contributed by atoms with Crippen molar-refractivity contribution in [3.05, 3.63) is 71.9 Å². The second-order valence-corrected chi connectivity index (χ2v) is 7.30. The minimum Gasteiger partial charge on any atom is -0.588 e. The maximum absolute atomic E-state index is 12.8. The predicted octanol–water partition coefficient (Wildman–Crippen LogP) is 4.64. The summed E-state index contributed by atoms with van der Waals surface area (Å²) in [4.78, 5) is 9.37. The van der Waals surface area contributed by atoms with Crippen LogP contribution in [0.3, 0.4) is 0 Å². The lowest BCUT2D eigenvalue weighted by atomic mass is 10.2. The lowest BCUT2D eigenvalue weighted by Crippen LogP contribution is -2.14. The highest BCUT2D eigenvalue weighted by Crippen LogP contribution is 2.31. The largest absolute Gasteiger partial charge is 0.588 e. The van der Waals surface area contributed by atoms with Crippen LogP contribution in [-0.2, 0) is 11.4 Å². The number of aryl methyl sites for hydroxylation is 2. The normalized spacial score (nSPS) is 12.3. The van der Waals surface area contributed by atoms with Gasteiger partial charge in [0.15, 0.2) is 16.1 Å². The molecule has 4 rings (SSSR count). The maximum Gasteiger partial charge on any atom is 0.231 e. The Balaban J connectivity index is 1.69. The number of nitrogens with one attached hydrogen (secondary N) is 1. The fraction of sp³-hybridized carbons (Fsp3) is 0.100. The molecule has 0 saturated carbocycles. The lowest BCUT2D eigenvalue weighted by Gasteiger charge is -2.14. The van der Waals surface area contributed by atoms with Crippen LogP contribution < -0.4 is 4.72 Å². The maximum atomic E-state index is 12.8. The highest BCUT2D eigenvalue weighted by atomic mass is 32.2. The third kappa shape index (κ3) is 3.29. The number of hydrogen-bond acceptors (Lipinski definition) is 5. The number of aromatic nitrogens is 2. The van der Waals surface area contributed by atoms with Crippen molar-refractivity contribution in [2.75, 3.05) is 4.72 Å². The highest BCUT2D eigenvalue weighted by Gasteiger charge is 2.18. The zero-order chi connectivity index (χ0) is 18.1. The van der Waals surface area contributed by atoms with Gasteiger partial charge in [0.1, 0.15) is 11.4 Å². The molecule has 0 aliphatic carbocycles. The summed E-state index contributed by atoms with van der Waals surface area (Å²) in [6.07, 6.45) is 1.67. The van der Waals surface area contributed by atoms with Crippen molar-refractivity contribution in [1.82, 2.24) is 9.97 Å². The van der Waals surface area contributed by atoms with Crippen LogP contribution in [0.1, 0.15) is 11.1 Å². The van der Waals surface area contributed by atoms with E-state index < -0.39 is 11.4 Å². The highest BCUT2D eigenvalue weighted by molar-refractivity contribution is 7.92. The SMILES string of the molecule is Cc1cc(C)cc([S+]([O-])Nc2ccccc2-c2nc3ncccc3o2)c1. The van der Waals surface area contributed by atoms with Gasteiger partial charge in [-0.2, -0.15) is 4.98 Å². The quantitative estimate of drug-likeness (QED) is 0.535. The van der Waals surface area contributed by atoms with Gasteiger partial charge in [0, 0.05) is 6.20 Å². The molecule has 0 bridgehead atoms. The molecule has 2 heterocycles. The molecule has 0 saturated heterocycles. The van der Waals surface area contributed by atoms with Crippen LogP contribution in [0.4, 0.5) is 5.69 Å². The molecule has 0 fully saturated rings. The third-order valence-electron chi connectivity index (χ3n) is 3.93. The van der Waals surface area contributed by atoms with E-state index in [1.54, 1.807) is 12.3 Å². The summed E-state index contributed by atoms with van der Waals surface area (Å²) < 4.78 is 21.7. The van der Waals surface area contributed by atoms with Crippen molar-refractivity contribution in [3.63, 3.8) is 0 Å². The van der Waals surface area contributed by atoms with Crippen LogP contribution in [0.2, 0.25) is 0 Å². The first-order chi connectivity index (χ1) is 12.6. The summed E-state index contributed by atoms with van der Waals surface area (Å²) in [5.41, 5.74) is 4.75. The summed E-state index contributed by atoms with van der Waals surface area (Å²) in [6.45, 7) is 3.99. The van der Waals surface area contributed by atoms with E-state index in [0.29, 0.717) is 22.8 Å². The Bertz CT molecular complexity index is 1020. The molecule has 4 aromatic rings. The van der Waals surface area contributed by atoms with E-state index in [2.05, 4.69) is 20.8 Å². The summed E-state index contributed by atoms with van der Waals surface area (Å²) >= 11 is -1.39. The molecule has 6 heteroatoms. The van der Waals surface area contributed by atoms with Gasteiger partial charge in [-0.1, -0.05) is 18.2 Å². The number of pyridine rings is 1. The van der Waals surface area contributed by atoms with Gasteiger partial charge in [-0.05, 0) is 61.4 Å². The molecule has 0 radical (unpaired) electrons. The molecule has 1 N–H and O–H groups in total. The molecular weight excluding hydrogens is 346 g/mol. The van der Waals surface area contributed by atoms with E-state index in [1.165, 1.54) is 0 Å². The molecular formula is C20H17N3O2S. The van der Waals surface area contributed by atoms with E-state index in [1.807, 2.05) is 56.3 Å². The van der Waals surface area contributed by atoms with Gasteiger partial charge >= 0.3 is 0 Å². The number of oxazole rings is 1. The Labute approximate surface area is 154 Å². The number of nitrogens with zero attached hydrogens (tertiary/aromatic N) is 2. The second kappa shape index (κ2) is 6.82. The van der Waals surface area contributed by atoms with Crippen molar-refractivity contribution >= 4 is 28.3 Å². The first kappa shape index (κ1) is 16.6. The number of hydrogen-bond donors (Lipinski definition) is 1. The van der Waals surface area contributed by atoms with Gasteiger partial charge in [-0.15, -0.1) is 0 Å². The van der Waals surface area contributed by atoms with Crippen molar-refractivity contribution in [3.8, 4) is 11.5 Å². The first-order valence-corrected chi connectivity index (χ1v) is 9.33. The van der Waals surface area contributed by atoms with Crippen molar-refractivity contribution < 1.29 is 8.97 Å². The Morgan fingerprint density at radius 3 is 2.54 bits per heavy atom. The van der Waals surface area contributed by atoms with Crippen LogP contribution >= 0.6 is 0 Å². The zero-order valence-corrected chi connectivity index (χ0v) is 15.2. The Morgan fingerprint density at radius 2 is 1.77 bits per heavy atom. The molecule has 5 nitrogen and oxygen atoms in total. The monoisotopic (exact) mass is 363 g/mol. The molecule has 26 heavy (non-hydrogen) atoms. The van der Waals surface area contributed by atoms with Gasteiger partial charge in [0.25, 0.3) is 0 Å². The lowest BCUT2D eigenvalue weighted by molar-refractivity contribution is 0.600. The fourth-order valence-corrected chi connectivity index (χ4v) is 3.92. The van der Waals surface area contributed by atoms with E-state index in [0.717, 1.165) is 21.6 Å². The van der Waals surface area contributed by atoms with Crippen LogP contribution in [0.5, 0.6) is 0 Å². The van der Waals surface area contributed by atoms with Crippen molar-refractivity contribution in [1.29, 1.82) is 0 Å². The van der Waals surface area contributed by atoms with Crippen molar-refractivity contribution in [2.45, 2.75) is 18.7 Å². The van der Waals surface area contributed by atoms with Crippen LogP contribution in [0.15, 0.2) is 70.1 Å². The minimum absolute atomic E-state index is 0.444. The summed E-state index contributed by atoms with van der Waals surface area (Å²) in [7, 11) is 0. The molecule has 0 spiro atoms. The van der Waals surface area contributed by atoms with Crippen LogP contribution in [0, 0.1) is 13.8 Å². The molecule has 0 aliphatic rings. The fourth-order valence-electron chi connectivity index (χ4n) is 2.84. The topological polar surface area (TPSA) is 74.0 Å². The summed E-state index contributed by atoms with van der Waals surface area (Å²) in [5, 5.41) is 0. The predicted molar refractivity (Wildman–Crippen MR) is 103 cm³/mol.